The Kier molecular flexibility index (Phi) is 5.94. The summed E-state index contributed by atoms with van der Waals surface area (Å²) in [5.41, 5.74) is -1.03. The Bertz CT molecular complexity index is 873. The lowest BCUT2D eigenvalue weighted by Crippen LogP contribution is -2.50. The number of ether oxygens (including phenoxy) is 1. The highest BCUT2D eigenvalue weighted by molar-refractivity contribution is 7.21. The first kappa shape index (κ1) is 19.5. The van der Waals surface area contributed by atoms with Crippen LogP contribution in [0.25, 0.3) is 10.1 Å². The first-order valence-corrected chi connectivity index (χ1v) is 9.02. The van der Waals surface area contributed by atoms with Crippen molar-refractivity contribution in [3.63, 3.8) is 0 Å². The lowest BCUT2D eigenvalue weighted by Gasteiger charge is -2.27. The molecule has 132 valence electrons. The first-order valence-electron chi connectivity index (χ1n) is 7.45. The molecule has 1 aromatic carbocycles. The van der Waals surface area contributed by atoms with E-state index in [-0.39, 0.29) is 15.8 Å². The van der Waals surface area contributed by atoms with E-state index in [9.17, 15) is 14.9 Å². The van der Waals surface area contributed by atoms with Crippen molar-refractivity contribution in [3.8, 4) is 6.07 Å². The van der Waals surface area contributed by atoms with Crippen LogP contribution in [0.1, 0.15) is 30.4 Å². The number of hydrogen-bond donors (Lipinski definition) is 1. The third kappa shape index (κ3) is 4.24. The summed E-state index contributed by atoms with van der Waals surface area (Å²) in [6, 6.07) is 7.17. The van der Waals surface area contributed by atoms with E-state index in [0.717, 1.165) is 16.0 Å². The number of nitrogens with one attached hydrogen (secondary N) is 1. The van der Waals surface area contributed by atoms with Gasteiger partial charge in [-0.25, -0.2) is 4.79 Å². The van der Waals surface area contributed by atoms with E-state index < -0.39 is 24.0 Å². The molecule has 0 aliphatic heterocycles. The lowest BCUT2D eigenvalue weighted by atomic mass is 9.90. The topological polar surface area (TPSA) is 79.2 Å². The van der Waals surface area contributed by atoms with Crippen LogP contribution in [0, 0.1) is 17.2 Å². The van der Waals surface area contributed by atoms with Crippen molar-refractivity contribution in [1.29, 1.82) is 5.26 Å². The Morgan fingerprint density at radius 1 is 1.40 bits per heavy atom. The number of benzene rings is 1. The van der Waals surface area contributed by atoms with Gasteiger partial charge in [-0.3, -0.25) is 4.79 Å². The molecular formula is C17H16Cl2N2O3S. The van der Waals surface area contributed by atoms with Crippen LogP contribution in [-0.4, -0.2) is 24.0 Å². The highest BCUT2D eigenvalue weighted by Gasteiger charge is 2.30. The van der Waals surface area contributed by atoms with Crippen LogP contribution in [-0.2, 0) is 9.53 Å². The van der Waals surface area contributed by atoms with Crippen LogP contribution in [0.15, 0.2) is 18.2 Å². The lowest BCUT2D eigenvalue weighted by molar-refractivity contribution is -0.125. The molecule has 5 nitrogen and oxygen atoms in total. The largest absolute Gasteiger partial charge is 0.451 e. The fraction of sp³-hybridized carbons (Fsp3) is 0.353. The number of rotatable bonds is 5. The Balaban J connectivity index is 2.07. The summed E-state index contributed by atoms with van der Waals surface area (Å²) >= 11 is 13.3. The molecule has 2 rings (SSSR count). The number of amides is 1. The highest BCUT2D eigenvalue weighted by Crippen LogP contribution is 2.37. The second kappa shape index (κ2) is 7.61. The molecule has 25 heavy (non-hydrogen) atoms. The van der Waals surface area contributed by atoms with E-state index in [1.807, 2.05) is 13.8 Å². The third-order valence-corrected chi connectivity index (χ3v) is 5.77. The molecule has 1 amide bonds. The van der Waals surface area contributed by atoms with Crippen LogP contribution in [0.2, 0.25) is 10.0 Å². The van der Waals surface area contributed by atoms with Gasteiger partial charge in [-0.2, -0.15) is 5.26 Å². The smallest absolute Gasteiger partial charge is 0.350 e. The van der Waals surface area contributed by atoms with E-state index in [4.69, 9.17) is 27.9 Å². The Morgan fingerprint density at radius 3 is 2.68 bits per heavy atom. The second-order valence-electron chi connectivity index (χ2n) is 5.98. The van der Waals surface area contributed by atoms with Crippen molar-refractivity contribution < 1.29 is 14.3 Å². The molecular weight excluding hydrogens is 383 g/mol. The molecule has 0 bridgehead atoms. The molecule has 0 saturated carbocycles. The highest BCUT2D eigenvalue weighted by atomic mass is 35.5. The average molecular weight is 399 g/mol. The molecule has 0 spiro atoms. The molecule has 8 heteroatoms. The number of carbonyl (C=O) groups excluding carboxylic acids is 2. The molecule has 1 aromatic heterocycles. The van der Waals surface area contributed by atoms with Crippen molar-refractivity contribution in [2.45, 2.75) is 26.3 Å². The minimum atomic E-state index is -1.03. The van der Waals surface area contributed by atoms with Crippen molar-refractivity contribution in [2.75, 3.05) is 6.61 Å². The third-order valence-electron chi connectivity index (χ3n) is 3.90. The summed E-state index contributed by atoms with van der Waals surface area (Å²) < 4.78 is 5.79. The summed E-state index contributed by atoms with van der Waals surface area (Å²) in [4.78, 5) is 24.4. The van der Waals surface area contributed by atoms with Crippen molar-refractivity contribution in [3.05, 3.63) is 33.1 Å². The number of nitriles is 1. The van der Waals surface area contributed by atoms with E-state index >= 15 is 0 Å². The average Bonchev–Trinajstić information content (AvgIpc) is 2.88. The molecule has 1 N–H and O–H groups in total. The predicted molar refractivity (Wildman–Crippen MR) is 99.1 cm³/mol. The number of fused-ring (bicyclic) bond motifs is 1. The van der Waals surface area contributed by atoms with Gasteiger partial charge in [-0.1, -0.05) is 43.1 Å². The van der Waals surface area contributed by atoms with Gasteiger partial charge in [0.05, 0.1) is 11.1 Å². The predicted octanol–water partition coefficient (Wildman–Crippen LogP) is 4.42. The van der Waals surface area contributed by atoms with E-state index in [2.05, 4.69) is 11.4 Å². The standard InChI is InChI=1S/C17H16Cl2N2O3S/c1-9(2)17(3,8-20)21-13(22)7-24-16(23)15-14(19)11-5-4-10(18)6-12(11)25-15/h4-6,9H,7H2,1-3H3,(H,21,22)/t17-/m1/s1. The number of carbonyl (C=O) groups is 2. The zero-order chi connectivity index (χ0) is 18.8. The van der Waals surface area contributed by atoms with Crippen molar-refractivity contribution in [1.82, 2.24) is 5.32 Å². The van der Waals surface area contributed by atoms with Crippen LogP contribution >= 0.6 is 34.5 Å². The molecule has 0 fully saturated rings. The quantitative estimate of drug-likeness (QED) is 0.755. The maximum atomic E-state index is 12.2. The second-order valence-corrected chi connectivity index (χ2v) is 7.85. The molecule has 1 heterocycles. The molecule has 1 atom stereocenters. The van der Waals surface area contributed by atoms with Gasteiger partial charge >= 0.3 is 5.97 Å². The van der Waals surface area contributed by atoms with Gasteiger partial charge in [0.25, 0.3) is 5.91 Å². The SMILES string of the molecule is CC(C)[C@@](C)(C#N)NC(=O)COC(=O)c1sc2cc(Cl)ccc2c1Cl. The summed E-state index contributed by atoms with van der Waals surface area (Å²) in [6.07, 6.45) is 0. The van der Waals surface area contributed by atoms with Crippen LogP contribution in [0.5, 0.6) is 0 Å². The van der Waals surface area contributed by atoms with Gasteiger partial charge in [-0.05, 0) is 25.0 Å². The van der Waals surface area contributed by atoms with Crippen molar-refractivity contribution in [2.24, 2.45) is 5.92 Å². The Labute approximate surface area is 159 Å². The zero-order valence-corrected chi connectivity index (χ0v) is 16.2. The molecule has 0 aliphatic carbocycles. The zero-order valence-electron chi connectivity index (χ0n) is 13.9. The van der Waals surface area contributed by atoms with Crippen LogP contribution in [0.3, 0.4) is 0 Å². The minimum absolute atomic E-state index is 0.0982. The summed E-state index contributed by atoms with van der Waals surface area (Å²) in [7, 11) is 0. The van der Waals surface area contributed by atoms with Gasteiger partial charge in [0.1, 0.15) is 10.4 Å². The number of esters is 1. The van der Waals surface area contributed by atoms with Crippen LogP contribution < -0.4 is 5.32 Å². The summed E-state index contributed by atoms with van der Waals surface area (Å²) in [5.74, 6) is -1.34. The van der Waals surface area contributed by atoms with E-state index in [1.165, 1.54) is 0 Å². The first-order chi connectivity index (χ1) is 11.7. The van der Waals surface area contributed by atoms with Gasteiger partial charge in [-0.15, -0.1) is 11.3 Å². The number of hydrogen-bond acceptors (Lipinski definition) is 5. The van der Waals surface area contributed by atoms with Gasteiger partial charge in [0, 0.05) is 15.1 Å². The fourth-order valence-electron chi connectivity index (χ4n) is 1.99. The maximum Gasteiger partial charge on any atom is 0.350 e. The van der Waals surface area contributed by atoms with Gasteiger partial charge in [0.2, 0.25) is 0 Å². The van der Waals surface area contributed by atoms with Gasteiger partial charge in [0.15, 0.2) is 6.61 Å². The van der Waals surface area contributed by atoms with Crippen molar-refractivity contribution >= 4 is 56.5 Å². The molecule has 0 aliphatic rings. The number of nitrogens with zero attached hydrogens (tertiary/aromatic N) is 1. The fourth-order valence-corrected chi connectivity index (χ4v) is 3.67. The van der Waals surface area contributed by atoms with Gasteiger partial charge < -0.3 is 10.1 Å². The van der Waals surface area contributed by atoms with E-state index in [1.54, 1.807) is 25.1 Å². The summed E-state index contributed by atoms with van der Waals surface area (Å²) in [5, 5.41) is 13.3. The molecule has 0 saturated heterocycles. The molecule has 2 aromatic rings. The van der Waals surface area contributed by atoms with E-state index in [0.29, 0.717) is 10.4 Å². The molecule has 0 radical (unpaired) electrons. The molecule has 0 unspecified atom stereocenters. The monoisotopic (exact) mass is 398 g/mol. The summed E-state index contributed by atoms with van der Waals surface area (Å²) in [6.45, 7) is 4.76. The number of thiophene rings is 1. The Morgan fingerprint density at radius 2 is 2.08 bits per heavy atom. The maximum absolute atomic E-state index is 12.2. The number of halogens is 2. The minimum Gasteiger partial charge on any atom is -0.451 e. The Hall–Kier alpha value is -1.81. The normalized spacial score (nSPS) is 13.3. The van der Waals surface area contributed by atoms with Crippen LogP contribution in [0.4, 0.5) is 0 Å².